The molecule has 0 spiro atoms. The minimum absolute atomic E-state index is 0.00284. The topological polar surface area (TPSA) is 54.2 Å². The van der Waals surface area contributed by atoms with E-state index in [0.717, 1.165) is 57.7 Å². The summed E-state index contributed by atoms with van der Waals surface area (Å²) < 4.78 is 2.35. The molecule has 2 heterocycles. The number of anilines is 2. The Hall–Kier alpha value is -3.96. The molecular formula is C39H47N5. The first-order valence-electron chi connectivity index (χ1n) is 16.1. The summed E-state index contributed by atoms with van der Waals surface area (Å²) in [4.78, 5) is 10.7. The lowest BCUT2D eigenvalue weighted by molar-refractivity contribution is 0.163. The summed E-state index contributed by atoms with van der Waals surface area (Å²) in [6.07, 6.45) is 1.95. The molecule has 0 amide bonds. The Kier molecular flexibility index (Phi) is 7.87. The molecule has 44 heavy (non-hydrogen) atoms. The van der Waals surface area contributed by atoms with Crippen molar-refractivity contribution in [1.29, 1.82) is 0 Å². The number of nitrogens with one attached hydrogen (secondary N) is 2. The fourth-order valence-corrected chi connectivity index (χ4v) is 7.00. The van der Waals surface area contributed by atoms with Crippen molar-refractivity contribution in [2.75, 3.05) is 5.32 Å². The van der Waals surface area contributed by atoms with Gasteiger partial charge in [-0.05, 0) is 112 Å². The first-order valence-corrected chi connectivity index (χ1v) is 16.1. The lowest BCUT2D eigenvalue weighted by Gasteiger charge is -2.45. The van der Waals surface area contributed by atoms with E-state index in [1.54, 1.807) is 0 Å². The van der Waals surface area contributed by atoms with Crippen molar-refractivity contribution >= 4 is 22.4 Å². The maximum Gasteiger partial charge on any atom is 0.0900 e. The smallest absolute Gasteiger partial charge is 0.0900 e. The van der Waals surface area contributed by atoms with Gasteiger partial charge in [0.05, 0.1) is 39.5 Å². The predicted molar refractivity (Wildman–Crippen MR) is 185 cm³/mol. The van der Waals surface area contributed by atoms with E-state index >= 15 is 0 Å². The second-order valence-electron chi connectivity index (χ2n) is 14.5. The van der Waals surface area contributed by atoms with Gasteiger partial charge < -0.3 is 15.2 Å². The number of hydrogen-bond acceptors (Lipinski definition) is 4. The molecule has 0 saturated carbocycles. The molecule has 1 saturated heterocycles. The largest absolute Gasteiger partial charge is 0.354 e. The summed E-state index contributed by atoms with van der Waals surface area (Å²) in [5.74, 6) is 0.969. The molecule has 2 aliphatic heterocycles. The third-order valence-electron chi connectivity index (χ3n) is 8.86. The van der Waals surface area contributed by atoms with Gasteiger partial charge in [-0.2, -0.15) is 0 Å². The van der Waals surface area contributed by atoms with E-state index in [9.17, 15) is 0 Å². The number of hydrogen-bond donors (Lipinski definition) is 2. The normalized spacial score (nSPS) is 17.2. The van der Waals surface area contributed by atoms with Crippen LogP contribution in [0.2, 0.25) is 0 Å². The Morgan fingerprint density at radius 3 is 2.00 bits per heavy atom. The highest BCUT2D eigenvalue weighted by molar-refractivity contribution is 5.84. The average molecular weight is 586 g/mol. The Morgan fingerprint density at radius 1 is 0.795 bits per heavy atom. The fourth-order valence-electron chi connectivity index (χ4n) is 7.00. The lowest BCUT2D eigenvalue weighted by atomic mass is 9.80. The van der Waals surface area contributed by atoms with E-state index in [-0.39, 0.29) is 17.1 Å². The van der Waals surface area contributed by atoms with Crippen LogP contribution in [0.15, 0.2) is 89.9 Å². The highest BCUT2D eigenvalue weighted by atomic mass is 15.1. The first-order chi connectivity index (χ1) is 20.9. The van der Waals surface area contributed by atoms with Gasteiger partial charge in [-0.15, -0.1) is 0 Å². The van der Waals surface area contributed by atoms with Crippen molar-refractivity contribution in [2.45, 2.75) is 97.2 Å². The van der Waals surface area contributed by atoms with Gasteiger partial charge in [0.1, 0.15) is 0 Å². The summed E-state index contributed by atoms with van der Waals surface area (Å²) in [7, 11) is 0. The van der Waals surface area contributed by atoms with Crippen molar-refractivity contribution in [3.8, 4) is 17.1 Å². The first kappa shape index (κ1) is 30.1. The second kappa shape index (κ2) is 11.5. The van der Waals surface area contributed by atoms with Gasteiger partial charge in [-0.3, -0.25) is 4.99 Å². The van der Waals surface area contributed by atoms with E-state index in [0.29, 0.717) is 11.8 Å². The summed E-state index contributed by atoms with van der Waals surface area (Å²) in [6, 6.07) is 30.8. The van der Waals surface area contributed by atoms with E-state index in [1.807, 2.05) is 0 Å². The molecule has 1 fully saturated rings. The second-order valence-corrected chi connectivity index (χ2v) is 14.5. The van der Waals surface area contributed by atoms with Crippen LogP contribution in [0.25, 0.3) is 28.1 Å². The summed E-state index contributed by atoms with van der Waals surface area (Å²) >= 11 is 0. The summed E-state index contributed by atoms with van der Waals surface area (Å²) in [5.41, 5.74) is 9.85. The fraction of sp³-hybridized carbons (Fsp3) is 0.385. The SMILES string of the molecule is CC(C)c1ccc(Nc2cc3nc4ccccc4n(-c4ccc(C(C)C)cc4)c-3cc2=NC2CC(C)(C)NC(C)(C)C2)cc1. The number of para-hydroxylation sites is 2. The molecule has 0 atom stereocenters. The lowest BCUT2D eigenvalue weighted by Crippen LogP contribution is -2.59. The molecule has 3 aromatic rings. The number of rotatable bonds is 6. The molecule has 6 rings (SSSR count). The number of piperidine rings is 1. The van der Waals surface area contributed by atoms with Crippen LogP contribution in [0.1, 0.15) is 91.2 Å². The molecule has 0 radical (unpaired) electrons. The minimum Gasteiger partial charge on any atom is -0.354 e. The molecule has 2 N–H and O–H groups in total. The van der Waals surface area contributed by atoms with Gasteiger partial charge in [0, 0.05) is 22.5 Å². The highest BCUT2D eigenvalue weighted by Crippen LogP contribution is 2.33. The molecule has 5 heteroatoms. The standard InChI is InChI=1S/C39H47N5/c1-25(2)27-13-17-29(18-14-27)40-33-21-35-37(22-34(33)41-30-23-38(5,6)43-39(7,8)24-30)44(36-12-10-9-11-32(36)42-35)31-19-15-28(16-20-31)26(3)4/h9-22,25-26,30,40,43H,23-24H2,1-8H3. The van der Waals surface area contributed by atoms with E-state index in [1.165, 1.54) is 11.1 Å². The van der Waals surface area contributed by atoms with Gasteiger partial charge in [0.2, 0.25) is 0 Å². The zero-order valence-electron chi connectivity index (χ0n) is 27.6. The Labute approximate surface area is 262 Å². The van der Waals surface area contributed by atoms with Crippen LogP contribution < -0.4 is 16.0 Å². The van der Waals surface area contributed by atoms with Crippen molar-refractivity contribution in [3.05, 3.63) is 101 Å². The summed E-state index contributed by atoms with van der Waals surface area (Å²) in [6.45, 7) is 18.1. The van der Waals surface area contributed by atoms with E-state index in [2.05, 4.69) is 156 Å². The molecule has 0 aromatic heterocycles. The van der Waals surface area contributed by atoms with Crippen molar-refractivity contribution in [1.82, 2.24) is 14.9 Å². The molecule has 0 bridgehead atoms. The van der Waals surface area contributed by atoms with Gasteiger partial charge in [0.25, 0.3) is 0 Å². The molecule has 228 valence electrons. The van der Waals surface area contributed by atoms with Crippen LogP contribution in [0.3, 0.4) is 0 Å². The predicted octanol–water partition coefficient (Wildman–Crippen LogP) is 9.33. The molecule has 1 aliphatic carbocycles. The van der Waals surface area contributed by atoms with Gasteiger partial charge >= 0.3 is 0 Å². The summed E-state index contributed by atoms with van der Waals surface area (Å²) in [5, 5.41) is 8.52. The van der Waals surface area contributed by atoms with Crippen LogP contribution >= 0.6 is 0 Å². The van der Waals surface area contributed by atoms with E-state index < -0.39 is 0 Å². The van der Waals surface area contributed by atoms with Gasteiger partial charge in [-0.1, -0.05) is 64.1 Å². The number of nitrogens with zero attached hydrogens (tertiary/aromatic N) is 3. The number of fused-ring (bicyclic) bond motifs is 2. The zero-order valence-corrected chi connectivity index (χ0v) is 27.6. The monoisotopic (exact) mass is 585 g/mol. The van der Waals surface area contributed by atoms with Crippen LogP contribution in [0, 0.1) is 0 Å². The minimum atomic E-state index is 0.00284. The molecular weight excluding hydrogens is 538 g/mol. The van der Waals surface area contributed by atoms with Gasteiger partial charge in [-0.25, -0.2) is 4.98 Å². The van der Waals surface area contributed by atoms with Crippen LogP contribution in [0.4, 0.5) is 11.4 Å². The average Bonchev–Trinajstić information content (AvgIpc) is 2.95. The maximum absolute atomic E-state index is 5.51. The molecule has 3 aliphatic rings. The Balaban J connectivity index is 1.58. The Bertz CT molecular complexity index is 1790. The van der Waals surface area contributed by atoms with Crippen molar-refractivity contribution < 1.29 is 0 Å². The molecule has 3 aromatic carbocycles. The third-order valence-corrected chi connectivity index (χ3v) is 8.86. The number of benzene rings is 4. The maximum atomic E-state index is 5.51. The van der Waals surface area contributed by atoms with E-state index in [4.69, 9.17) is 9.98 Å². The number of aromatic nitrogens is 2. The Morgan fingerprint density at radius 2 is 1.39 bits per heavy atom. The van der Waals surface area contributed by atoms with Crippen molar-refractivity contribution in [3.63, 3.8) is 0 Å². The quantitative estimate of drug-likeness (QED) is 0.195. The van der Waals surface area contributed by atoms with Crippen LogP contribution in [0.5, 0.6) is 0 Å². The van der Waals surface area contributed by atoms with Crippen LogP contribution in [-0.2, 0) is 0 Å². The molecule has 0 unspecified atom stereocenters. The highest BCUT2D eigenvalue weighted by Gasteiger charge is 2.37. The van der Waals surface area contributed by atoms with Crippen LogP contribution in [-0.4, -0.2) is 26.7 Å². The van der Waals surface area contributed by atoms with Crippen molar-refractivity contribution in [2.24, 2.45) is 4.99 Å². The zero-order chi connectivity index (χ0) is 31.2. The third kappa shape index (κ3) is 6.30. The van der Waals surface area contributed by atoms with Gasteiger partial charge in [0.15, 0.2) is 0 Å². The molecule has 5 nitrogen and oxygen atoms in total.